The van der Waals surface area contributed by atoms with Crippen LogP contribution in [-0.2, 0) is 6.54 Å². The number of hydrogen-bond acceptors (Lipinski definition) is 4. The van der Waals surface area contributed by atoms with Gasteiger partial charge in [-0.1, -0.05) is 70.5 Å². The molecule has 7 heteroatoms. The minimum Gasteiger partial charge on any atom is -0.283 e. The van der Waals surface area contributed by atoms with Crippen LogP contribution in [0.25, 0.3) is 10.9 Å². The van der Waals surface area contributed by atoms with Crippen molar-refractivity contribution in [2.75, 3.05) is 0 Å². The molecule has 0 spiro atoms. The summed E-state index contributed by atoms with van der Waals surface area (Å²) in [6.45, 7) is 2.03. The third-order valence-corrected chi connectivity index (χ3v) is 5.36. The number of carbonyl (C=O) groups excluding carboxylic acids is 1. The summed E-state index contributed by atoms with van der Waals surface area (Å²) in [6, 6.07) is 24.1. The van der Waals surface area contributed by atoms with Crippen LogP contribution in [0.1, 0.15) is 28.7 Å². The van der Waals surface area contributed by atoms with E-state index < -0.39 is 5.91 Å². The summed E-state index contributed by atoms with van der Waals surface area (Å²) in [5.74, 6) is -0.532. The van der Waals surface area contributed by atoms with Gasteiger partial charge in [-0.05, 0) is 42.3 Å². The van der Waals surface area contributed by atoms with Gasteiger partial charge in [-0.15, -0.1) is 0 Å². The molecular formula is C24H19BrN4O2. The average molecular weight is 475 g/mol. The molecule has 4 rings (SSSR count). The fourth-order valence-electron chi connectivity index (χ4n) is 3.19. The first-order valence-electron chi connectivity index (χ1n) is 9.67. The number of halogens is 1. The number of hydrogen-bond donors (Lipinski definition) is 1. The number of carbonyl (C=O) groups is 1. The van der Waals surface area contributed by atoms with Gasteiger partial charge in [0.1, 0.15) is 0 Å². The van der Waals surface area contributed by atoms with Crippen molar-refractivity contribution in [3.05, 3.63) is 111 Å². The van der Waals surface area contributed by atoms with Gasteiger partial charge in [0.2, 0.25) is 5.82 Å². The number of rotatable bonds is 5. The van der Waals surface area contributed by atoms with Crippen molar-refractivity contribution >= 4 is 38.5 Å². The lowest BCUT2D eigenvalue weighted by Crippen LogP contribution is -2.32. The van der Waals surface area contributed by atoms with Crippen LogP contribution in [0.5, 0.6) is 0 Å². The molecule has 154 valence electrons. The third-order valence-electron chi connectivity index (χ3n) is 4.84. The highest BCUT2D eigenvalue weighted by Gasteiger charge is 2.17. The lowest BCUT2D eigenvalue weighted by atomic mass is 10.1. The van der Waals surface area contributed by atoms with Crippen LogP contribution in [0, 0.1) is 0 Å². The maximum atomic E-state index is 13.2. The molecule has 0 aliphatic heterocycles. The Morgan fingerprint density at radius 1 is 1.00 bits per heavy atom. The van der Waals surface area contributed by atoms with Crippen LogP contribution in [0.15, 0.2) is 93.2 Å². The molecule has 0 fully saturated rings. The van der Waals surface area contributed by atoms with Crippen LogP contribution in [-0.4, -0.2) is 21.2 Å². The lowest BCUT2D eigenvalue weighted by Gasteiger charge is -2.13. The molecule has 0 aliphatic carbocycles. The number of nitrogens with one attached hydrogen (secondary N) is 1. The second-order valence-electron chi connectivity index (χ2n) is 6.97. The maximum Gasteiger partial charge on any atom is 0.307 e. The predicted molar refractivity (Wildman–Crippen MR) is 125 cm³/mol. The molecule has 6 nitrogen and oxygen atoms in total. The topological polar surface area (TPSA) is 76.3 Å². The van der Waals surface area contributed by atoms with Gasteiger partial charge < -0.3 is 0 Å². The zero-order valence-electron chi connectivity index (χ0n) is 16.7. The summed E-state index contributed by atoms with van der Waals surface area (Å²) in [7, 11) is 0. The van der Waals surface area contributed by atoms with Crippen LogP contribution in [0.4, 0.5) is 0 Å². The Hall–Kier alpha value is -3.58. The van der Waals surface area contributed by atoms with Gasteiger partial charge in [0, 0.05) is 4.47 Å². The minimum atomic E-state index is -0.546. The molecule has 31 heavy (non-hydrogen) atoms. The number of aromatic nitrogens is 2. The van der Waals surface area contributed by atoms with E-state index >= 15 is 0 Å². The predicted octanol–water partition coefficient (Wildman–Crippen LogP) is 4.36. The van der Waals surface area contributed by atoms with E-state index in [4.69, 9.17) is 0 Å². The van der Waals surface area contributed by atoms with E-state index in [0.717, 1.165) is 15.6 Å². The highest BCUT2D eigenvalue weighted by Crippen LogP contribution is 2.12. The van der Waals surface area contributed by atoms with Crippen LogP contribution in [0.2, 0.25) is 0 Å². The van der Waals surface area contributed by atoms with Crippen molar-refractivity contribution in [1.82, 2.24) is 15.0 Å². The van der Waals surface area contributed by atoms with E-state index in [0.29, 0.717) is 16.6 Å². The molecule has 1 heterocycles. The normalized spacial score (nSPS) is 11.5. The van der Waals surface area contributed by atoms with E-state index in [1.807, 2.05) is 54.6 Å². The Labute approximate surface area is 187 Å². The highest BCUT2D eigenvalue weighted by molar-refractivity contribution is 9.10. The summed E-state index contributed by atoms with van der Waals surface area (Å²) >= 11 is 3.40. The Morgan fingerprint density at radius 3 is 2.42 bits per heavy atom. The van der Waals surface area contributed by atoms with E-state index in [2.05, 4.69) is 31.4 Å². The van der Waals surface area contributed by atoms with Gasteiger partial charge in [0.15, 0.2) is 0 Å². The fourth-order valence-corrected chi connectivity index (χ4v) is 3.46. The van der Waals surface area contributed by atoms with Gasteiger partial charge >= 0.3 is 5.91 Å². The van der Waals surface area contributed by atoms with Crippen molar-refractivity contribution in [1.29, 1.82) is 0 Å². The van der Waals surface area contributed by atoms with Gasteiger partial charge in [-0.3, -0.25) is 14.2 Å². The van der Waals surface area contributed by atoms with Crippen molar-refractivity contribution in [3.63, 3.8) is 0 Å². The number of hydrazone groups is 1. The largest absolute Gasteiger partial charge is 0.307 e. The molecule has 1 amide bonds. The van der Waals surface area contributed by atoms with Crippen LogP contribution in [0.3, 0.4) is 0 Å². The Balaban J connectivity index is 1.72. The van der Waals surface area contributed by atoms with Gasteiger partial charge in [0.25, 0.3) is 5.56 Å². The standard InChI is InChI=1S/C24H19BrN4O2/c1-16(18-11-13-19(25)14-12-18)27-28-23(30)22-26-21-10-6-5-9-20(21)24(31)29(22)15-17-7-3-2-4-8-17/h2-14H,15H2,1H3,(H,28,30)/b27-16+. The quantitative estimate of drug-likeness (QED) is 0.344. The molecule has 0 radical (unpaired) electrons. The Kier molecular flexibility index (Phi) is 6.04. The van der Waals surface area contributed by atoms with Gasteiger partial charge in [0.05, 0.1) is 23.2 Å². The summed E-state index contributed by atoms with van der Waals surface area (Å²) in [5, 5.41) is 4.67. The zero-order chi connectivity index (χ0) is 21.8. The molecular weight excluding hydrogens is 456 g/mol. The number of para-hydroxylation sites is 1. The molecule has 3 aromatic carbocycles. The van der Waals surface area contributed by atoms with Gasteiger partial charge in [-0.25, -0.2) is 10.4 Å². The minimum absolute atomic E-state index is 0.0138. The molecule has 1 N–H and O–H groups in total. The highest BCUT2D eigenvalue weighted by atomic mass is 79.9. The van der Waals surface area contributed by atoms with Crippen LogP contribution < -0.4 is 11.0 Å². The van der Waals surface area contributed by atoms with E-state index in [1.165, 1.54) is 4.57 Å². The zero-order valence-corrected chi connectivity index (χ0v) is 18.3. The van der Waals surface area contributed by atoms with E-state index in [9.17, 15) is 9.59 Å². The molecule has 0 bridgehead atoms. The van der Waals surface area contributed by atoms with Crippen molar-refractivity contribution in [2.24, 2.45) is 5.10 Å². The second-order valence-corrected chi connectivity index (χ2v) is 7.89. The molecule has 0 atom stereocenters. The summed E-state index contributed by atoms with van der Waals surface area (Å²) < 4.78 is 2.34. The smallest absolute Gasteiger partial charge is 0.283 e. The monoisotopic (exact) mass is 474 g/mol. The summed E-state index contributed by atoms with van der Waals surface area (Å²) in [6.07, 6.45) is 0. The van der Waals surface area contributed by atoms with E-state index in [1.54, 1.807) is 31.2 Å². The fraction of sp³-hybridized carbons (Fsp3) is 0.0833. The summed E-state index contributed by atoms with van der Waals surface area (Å²) in [4.78, 5) is 30.6. The molecule has 0 saturated carbocycles. The van der Waals surface area contributed by atoms with Crippen molar-refractivity contribution in [3.8, 4) is 0 Å². The first kappa shape index (κ1) is 20.7. The summed E-state index contributed by atoms with van der Waals surface area (Å²) in [5.41, 5.74) is 5.15. The molecule has 4 aromatic rings. The average Bonchev–Trinajstić information content (AvgIpc) is 2.80. The first-order chi connectivity index (χ1) is 15.0. The molecule has 0 saturated heterocycles. The lowest BCUT2D eigenvalue weighted by molar-refractivity contribution is 0.0939. The molecule has 0 unspecified atom stereocenters. The Morgan fingerprint density at radius 2 is 1.68 bits per heavy atom. The Bertz CT molecular complexity index is 1330. The van der Waals surface area contributed by atoms with Crippen molar-refractivity contribution < 1.29 is 4.79 Å². The number of fused-ring (bicyclic) bond motifs is 1. The van der Waals surface area contributed by atoms with Gasteiger partial charge in [-0.2, -0.15) is 5.10 Å². The van der Waals surface area contributed by atoms with Crippen molar-refractivity contribution in [2.45, 2.75) is 13.5 Å². The first-order valence-corrected chi connectivity index (χ1v) is 10.5. The number of nitrogens with zero attached hydrogens (tertiary/aromatic N) is 3. The second kappa shape index (κ2) is 9.06. The van der Waals surface area contributed by atoms with E-state index in [-0.39, 0.29) is 17.9 Å². The van der Waals surface area contributed by atoms with Crippen LogP contribution >= 0.6 is 15.9 Å². The molecule has 0 aliphatic rings. The number of benzene rings is 3. The number of amides is 1. The SMILES string of the molecule is C/C(=N\NC(=O)c1nc2ccccc2c(=O)n1Cc1ccccc1)c1ccc(Br)cc1. The molecule has 1 aromatic heterocycles. The third kappa shape index (κ3) is 4.62. The maximum absolute atomic E-state index is 13.2.